The number of hydrogen-bond donors (Lipinski definition) is 1. The van der Waals surface area contributed by atoms with Gasteiger partial charge in [-0.05, 0) is 71.6 Å². The van der Waals surface area contributed by atoms with Gasteiger partial charge in [0.2, 0.25) is 0 Å². The lowest BCUT2D eigenvalue weighted by Gasteiger charge is -2.15. The molecule has 0 atom stereocenters. The number of nitrogens with one attached hydrogen (secondary N) is 1. The lowest BCUT2D eigenvalue weighted by molar-refractivity contribution is 0.286. The highest BCUT2D eigenvalue weighted by Gasteiger charge is 2.11. The van der Waals surface area contributed by atoms with Gasteiger partial charge in [0.05, 0.1) is 17.7 Å². The average molecular weight is 378 g/mol. The molecular weight excluding hydrogens is 354 g/mol. The molecule has 0 heterocycles. The highest BCUT2D eigenvalue weighted by Crippen LogP contribution is 2.37. The molecule has 0 bridgehead atoms. The zero-order valence-electron chi connectivity index (χ0n) is 14.0. The van der Waals surface area contributed by atoms with Gasteiger partial charge in [-0.25, -0.2) is 0 Å². The van der Waals surface area contributed by atoms with Crippen LogP contribution in [0.1, 0.15) is 31.9 Å². The van der Waals surface area contributed by atoms with Gasteiger partial charge >= 0.3 is 0 Å². The lowest BCUT2D eigenvalue weighted by Crippen LogP contribution is -2.03. The zero-order chi connectivity index (χ0) is 16.7. The van der Waals surface area contributed by atoms with Crippen molar-refractivity contribution in [2.24, 2.45) is 0 Å². The first-order chi connectivity index (χ1) is 11.2. The van der Waals surface area contributed by atoms with E-state index >= 15 is 0 Å². The van der Waals surface area contributed by atoms with Crippen molar-refractivity contribution in [3.05, 3.63) is 52.0 Å². The lowest BCUT2D eigenvalue weighted by atomic mass is 10.1. The topological polar surface area (TPSA) is 30.5 Å². The highest BCUT2D eigenvalue weighted by atomic mass is 79.9. The Morgan fingerprint density at radius 1 is 0.913 bits per heavy atom. The van der Waals surface area contributed by atoms with Crippen molar-refractivity contribution in [3.63, 3.8) is 0 Å². The normalized spacial score (nSPS) is 10.4. The van der Waals surface area contributed by atoms with Gasteiger partial charge in [0.15, 0.2) is 11.5 Å². The summed E-state index contributed by atoms with van der Waals surface area (Å²) >= 11 is 3.58. The largest absolute Gasteiger partial charge is 0.490 e. The van der Waals surface area contributed by atoms with Gasteiger partial charge in [0.1, 0.15) is 0 Å². The second-order valence-electron chi connectivity index (χ2n) is 5.17. The third-order valence-corrected chi connectivity index (χ3v) is 4.11. The summed E-state index contributed by atoms with van der Waals surface area (Å²) in [4.78, 5) is 0. The van der Waals surface area contributed by atoms with Gasteiger partial charge in [-0.2, -0.15) is 0 Å². The van der Waals surface area contributed by atoms with E-state index in [1.54, 1.807) is 0 Å². The molecule has 0 aromatic heterocycles. The van der Waals surface area contributed by atoms with Crippen molar-refractivity contribution in [1.29, 1.82) is 0 Å². The van der Waals surface area contributed by atoms with Crippen LogP contribution in [-0.4, -0.2) is 13.2 Å². The Kier molecular flexibility index (Phi) is 6.78. The van der Waals surface area contributed by atoms with E-state index in [0.29, 0.717) is 13.2 Å². The maximum atomic E-state index is 5.71. The summed E-state index contributed by atoms with van der Waals surface area (Å²) in [5, 5.41) is 3.44. The first kappa shape index (κ1) is 17.7. The maximum absolute atomic E-state index is 5.71. The molecule has 0 aliphatic carbocycles. The SMILES string of the molecule is CCOc1cc(CNc2ccc(CC)cc2)cc(Br)c1OCC. The summed E-state index contributed by atoms with van der Waals surface area (Å²) < 4.78 is 12.3. The van der Waals surface area contributed by atoms with Gasteiger partial charge < -0.3 is 14.8 Å². The van der Waals surface area contributed by atoms with Crippen LogP contribution >= 0.6 is 15.9 Å². The number of hydrogen-bond acceptors (Lipinski definition) is 3. The molecule has 1 N–H and O–H groups in total. The number of benzene rings is 2. The van der Waals surface area contributed by atoms with Crippen LogP contribution in [0, 0.1) is 0 Å². The van der Waals surface area contributed by atoms with Crippen molar-refractivity contribution in [2.45, 2.75) is 33.7 Å². The molecule has 0 saturated carbocycles. The molecule has 0 aliphatic heterocycles. The summed E-state index contributed by atoms with van der Waals surface area (Å²) in [7, 11) is 0. The maximum Gasteiger partial charge on any atom is 0.175 e. The van der Waals surface area contributed by atoms with Crippen LogP contribution < -0.4 is 14.8 Å². The first-order valence-electron chi connectivity index (χ1n) is 8.08. The minimum absolute atomic E-state index is 0.611. The molecule has 2 aromatic rings. The number of aryl methyl sites for hydroxylation is 1. The Morgan fingerprint density at radius 3 is 2.22 bits per heavy atom. The molecule has 0 aliphatic rings. The Labute approximate surface area is 147 Å². The Bertz CT molecular complexity index is 626. The van der Waals surface area contributed by atoms with E-state index in [9.17, 15) is 0 Å². The monoisotopic (exact) mass is 377 g/mol. The second-order valence-corrected chi connectivity index (χ2v) is 6.03. The minimum Gasteiger partial charge on any atom is -0.490 e. The van der Waals surface area contributed by atoms with Gasteiger partial charge in [-0.3, -0.25) is 0 Å². The minimum atomic E-state index is 0.611. The molecule has 0 unspecified atom stereocenters. The van der Waals surface area contributed by atoms with Crippen molar-refractivity contribution >= 4 is 21.6 Å². The molecule has 0 amide bonds. The fourth-order valence-electron chi connectivity index (χ4n) is 2.33. The standard InChI is InChI=1S/C19H24BrNO2/c1-4-14-7-9-16(10-8-14)21-13-15-11-17(20)19(23-6-3)18(12-15)22-5-2/h7-12,21H,4-6,13H2,1-3H3. The molecule has 0 fully saturated rings. The molecule has 124 valence electrons. The van der Waals surface area contributed by atoms with Gasteiger partial charge in [-0.15, -0.1) is 0 Å². The Balaban J connectivity index is 2.12. The third kappa shape index (κ3) is 4.90. The van der Waals surface area contributed by atoms with E-state index in [2.05, 4.69) is 58.5 Å². The summed E-state index contributed by atoms with van der Waals surface area (Å²) in [6.07, 6.45) is 1.06. The van der Waals surface area contributed by atoms with E-state index in [4.69, 9.17) is 9.47 Å². The van der Waals surface area contributed by atoms with E-state index < -0.39 is 0 Å². The fourth-order valence-corrected chi connectivity index (χ4v) is 2.94. The van der Waals surface area contributed by atoms with Crippen LogP contribution in [-0.2, 0) is 13.0 Å². The van der Waals surface area contributed by atoms with Crippen LogP contribution in [0.5, 0.6) is 11.5 Å². The fraction of sp³-hybridized carbons (Fsp3) is 0.368. The quantitative estimate of drug-likeness (QED) is 0.665. The van der Waals surface area contributed by atoms with E-state index in [1.165, 1.54) is 5.56 Å². The molecule has 4 heteroatoms. The predicted molar refractivity (Wildman–Crippen MR) is 99.6 cm³/mol. The van der Waals surface area contributed by atoms with E-state index in [-0.39, 0.29) is 0 Å². The van der Waals surface area contributed by atoms with Crippen molar-refractivity contribution in [1.82, 2.24) is 0 Å². The van der Waals surface area contributed by atoms with Gasteiger partial charge in [-0.1, -0.05) is 19.1 Å². The molecule has 23 heavy (non-hydrogen) atoms. The third-order valence-electron chi connectivity index (χ3n) is 3.52. The smallest absolute Gasteiger partial charge is 0.175 e. The van der Waals surface area contributed by atoms with Gasteiger partial charge in [0.25, 0.3) is 0 Å². The van der Waals surface area contributed by atoms with Crippen molar-refractivity contribution in [3.8, 4) is 11.5 Å². The molecular formula is C19H24BrNO2. The predicted octanol–water partition coefficient (Wildman–Crippen LogP) is 5.42. The van der Waals surface area contributed by atoms with Crippen molar-refractivity contribution in [2.75, 3.05) is 18.5 Å². The molecule has 3 nitrogen and oxygen atoms in total. The summed E-state index contributed by atoms with van der Waals surface area (Å²) in [6.45, 7) is 8.06. The molecule has 2 rings (SSSR count). The number of rotatable bonds is 8. The second kappa shape index (κ2) is 8.82. The molecule has 0 spiro atoms. The summed E-state index contributed by atoms with van der Waals surface area (Å²) in [5.74, 6) is 1.55. The summed E-state index contributed by atoms with van der Waals surface area (Å²) in [6, 6.07) is 12.6. The van der Waals surface area contributed by atoms with Crippen LogP contribution in [0.4, 0.5) is 5.69 Å². The van der Waals surface area contributed by atoms with Crippen molar-refractivity contribution < 1.29 is 9.47 Å². The average Bonchev–Trinajstić information content (AvgIpc) is 2.57. The number of halogens is 1. The number of ether oxygens (including phenoxy) is 2. The number of anilines is 1. The summed E-state index contributed by atoms with van der Waals surface area (Å²) in [5.41, 5.74) is 3.60. The Hall–Kier alpha value is -1.68. The molecule has 2 aromatic carbocycles. The van der Waals surface area contributed by atoms with Gasteiger partial charge in [0, 0.05) is 12.2 Å². The van der Waals surface area contributed by atoms with E-state index in [0.717, 1.165) is 40.2 Å². The zero-order valence-corrected chi connectivity index (χ0v) is 15.6. The van der Waals surface area contributed by atoms with E-state index in [1.807, 2.05) is 19.9 Å². The highest BCUT2D eigenvalue weighted by molar-refractivity contribution is 9.10. The van der Waals surface area contributed by atoms with Crippen LogP contribution in [0.15, 0.2) is 40.9 Å². The molecule has 0 saturated heterocycles. The molecule has 0 radical (unpaired) electrons. The van der Waals surface area contributed by atoms with Crippen LogP contribution in [0.3, 0.4) is 0 Å². The Morgan fingerprint density at radius 2 is 1.61 bits per heavy atom. The van der Waals surface area contributed by atoms with Crippen LogP contribution in [0.25, 0.3) is 0 Å². The first-order valence-corrected chi connectivity index (χ1v) is 8.88. The van der Waals surface area contributed by atoms with Crippen LogP contribution in [0.2, 0.25) is 0 Å².